The van der Waals surface area contributed by atoms with E-state index in [1.807, 2.05) is 23.1 Å². The molecule has 4 N–H and O–H groups in total. The number of hydrogen-bond acceptors (Lipinski definition) is 6. The number of aromatic nitrogens is 1. The molecule has 10 heteroatoms. The number of hydrogen-bond donors (Lipinski definition) is 3. The number of piperidine rings is 1. The van der Waals surface area contributed by atoms with Gasteiger partial charge in [0.1, 0.15) is 0 Å². The highest BCUT2D eigenvalue weighted by molar-refractivity contribution is 8.01. The summed E-state index contributed by atoms with van der Waals surface area (Å²) in [6.45, 7) is 3.79. The average molecular weight is 484 g/mol. The Morgan fingerprint density at radius 3 is 2.48 bits per heavy atom. The monoisotopic (exact) mass is 483 g/mol. The number of thioether (sulfide) groups is 1. The van der Waals surface area contributed by atoms with Crippen LogP contribution in [0.4, 0.5) is 16.2 Å². The zero-order valence-electron chi connectivity index (χ0n) is 18.2. The fourth-order valence-electron chi connectivity index (χ4n) is 3.50. The van der Waals surface area contributed by atoms with Crippen molar-refractivity contribution in [3.63, 3.8) is 0 Å². The van der Waals surface area contributed by atoms with Crippen LogP contribution in [0.5, 0.6) is 0 Å². The summed E-state index contributed by atoms with van der Waals surface area (Å²) in [5, 5.41) is 5.77. The van der Waals surface area contributed by atoms with Gasteiger partial charge < -0.3 is 21.3 Å². The van der Waals surface area contributed by atoms with Crippen LogP contribution in [-0.2, 0) is 4.79 Å². The van der Waals surface area contributed by atoms with Gasteiger partial charge in [-0.25, -0.2) is 9.78 Å². The number of urea groups is 1. The summed E-state index contributed by atoms with van der Waals surface area (Å²) in [4.78, 5) is 42.3. The van der Waals surface area contributed by atoms with Gasteiger partial charge in [0.05, 0.1) is 16.0 Å². The lowest BCUT2D eigenvalue weighted by molar-refractivity contribution is -0.113. The van der Waals surface area contributed by atoms with Crippen molar-refractivity contribution in [2.75, 3.05) is 29.5 Å². The first-order valence-corrected chi connectivity index (χ1v) is 12.5. The van der Waals surface area contributed by atoms with E-state index in [4.69, 9.17) is 5.73 Å². The number of nitrogens with one attached hydrogen (secondary N) is 2. The van der Waals surface area contributed by atoms with Crippen LogP contribution in [0.3, 0.4) is 0 Å². The van der Waals surface area contributed by atoms with E-state index < -0.39 is 5.91 Å². The van der Waals surface area contributed by atoms with Crippen molar-refractivity contribution in [2.24, 2.45) is 11.7 Å². The van der Waals surface area contributed by atoms with Crippen LogP contribution >= 0.6 is 23.1 Å². The van der Waals surface area contributed by atoms with E-state index >= 15 is 0 Å². The molecule has 1 aromatic heterocycles. The van der Waals surface area contributed by atoms with Gasteiger partial charge in [-0.3, -0.25) is 9.59 Å². The van der Waals surface area contributed by atoms with Gasteiger partial charge in [0, 0.05) is 30.0 Å². The van der Waals surface area contributed by atoms with E-state index in [1.54, 1.807) is 24.3 Å². The van der Waals surface area contributed by atoms with Gasteiger partial charge in [-0.15, -0.1) is 11.3 Å². The highest BCUT2D eigenvalue weighted by atomic mass is 32.2. The molecule has 0 bridgehead atoms. The number of nitrogens with zero attached hydrogens (tertiary/aromatic N) is 2. The minimum atomic E-state index is -0.511. The number of anilines is 2. The summed E-state index contributed by atoms with van der Waals surface area (Å²) in [6, 6.07) is 12.0. The lowest BCUT2D eigenvalue weighted by Crippen LogP contribution is -2.40. The number of fused-ring (bicyclic) bond motifs is 1. The predicted molar refractivity (Wildman–Crippen MR) is 133 cm³/mol. The lowest BCUT2D eigenvalue weighted by Gasteiger charge is -2.30. The standard InChI is InChI=1S/C23H25N5O3S2/c1-14-8-10-28(11-9-14)22(31)26-17-6-7-18-19(12-17)33-23(27-18)32-13-20(29)25-16-4-2-15(3-5-16)21(24)30/h2-7,12,14H,8-11,13H2,1H3,(H2,24,30)(H,25,29)(H,26,31). The van der Waals surface area contributed by atoms with Crippen LogP contribution in [0.25, 0.3) is 10.2 Å². The quantitative estimate of drug-likeness (QED) is 0.450. The molecule has 0 saturated carbocycles. The second-order valence-electron chi connectivity index (χ2n) is 8.04. The molecule has 0 aliphatic carbocycles. The van der Waals surface area contributed by atoms with Crippen molar-refractivity contribution in [3.8, 4) is 0 Å². The minimum absolute atomic E-state index is 0.0686. The van der Waals surface area contributed by atoms with Gasteiger partial charge in [-0.1, -0.05) is 18.7 Å². The fraction of sp³-hybridized carbons (Fsp3) is 0.304. The maximum atomic E-state index is 12.5. The van der Waals surface area contributed by atoms with E-state index in [-0.39, 0.29) is 17.7 Å². The third kappa shape index (κ3) is 6.02. The molecule has 0 unspecified atom stereocenters. The number of benzene rings is 2. The first kappa shape index (κ1) is 23.1. The third-order valence-electron chi connectivity index (χ3n) is 5.47. The van der Waals surface area contributed by atoms with Gasteiger partial charge in [0.15, 0.2) is 4.34 Å². The number of amides is 4. The number of carbonyl (C=O) groups is 3. The number of nitrogens with two attached hydrogens (primary N) is 1. The molecule has 33 heavy (non-hydrogen) atoms. The number of primary amides is 1. The third-order valence-corrected chi connectivity index (χ3v) is 7.63. The van der Waals surface area contributed by atoms with Gasteiger partial charge in [0.25, 0.3) is 0 Å². The van der Waals surface area contributed by atoms with Crippen molar-refractivity contribution in [2.45, 2.75) is 24.1 Å². The molecule has 172 valence electrons. The van der Waals surface area contributed by atoms with Crippen molar-refractivity contribution in [1.29, 1.82) is 0 Å². The molecule has 4 rings (SSSR count). The molecular formula is C23H25N5O3S2. The molecule has 1 aliphatic rings. The summed E-state index contributed by atoms with van der Waals surface area (Å²) in [5.74, 6) is 0.190. The number of carbonyl (C=O) groups excluding carboxylic acids is 3. The Balaban J connectivity index is 1.32. The van der Waals surface area contributed by atoms with Crippen molar-refractivity contribution >= 4 is 62.5 Å². The molecule has 8 nitrogen and oxygen atoms in total. The maximum absolute atomic E-state index is 12.5. The Hall–Kier alpha value is -3.11. The molecule has 0 atom stereocenters. The Morgan fingerprint density at radius 1 is 1.09 bits per heavy atom. The van der Waals surface area contributed by atoms with Gasteiger partial charge in [-0.05, 0) is 61.2 Å². The molecule has 1 fully saturated rings. The smallest absolute Gasteiger partial charge is 0.321 e. The molecule has 0 spiro atoms. The SMILES string of the molecule is CC1CCN(C(=O)Nc2ccc3nc(SCC(=O)Nc4ccc(C(N)=O)cc4)sc3c2)CC1. The van der Waals surface area contributed by atoms with Crippen LogP contribution < -0.4 is 16.4 Å². The molecule has 0 radical (unpaired) electrons. The van der Waals surface area contributed by atoms with E-state index in [0.717, 1.165) is 46.2 Å². The molecule has 2 aromatic carbocycles. The minimum Gasteiger partial charge on any atom is -0.366 e. The number of likely N-dealkylation sites (tertiary alicyclic amines) is 1. The van der Waals surface area contributed by atoms with Crippen molar-refractivity contribution in [1.82, 2.24) is 9.88 Å². The van der Waals surface area contributed by atoms with Crippen LogP contribution in [0.1, 0.15) is 30.1 Å². The number of thiazole rings is 1. The molecule has 1 aliphatic heterocycles. The van der Waals surface area contributed by atoms with Crippen LogP contribution in [0.2, 0.25) is 0 Å². The summed E-state index contributed by atoms with van der Waals surface area (Å²) < 4.78 is 1.72. The summed E-state index contributed by atoms with van der Waals surface area (Å²) >= 11 is 2.83. The van der Waals surface area contributed by atoms with Crippen molar-refractivity contribution < 1.29 is 14.4 Å². The lowest BCUT2D eigenvalue weighted by atomic mass is 10.00. The Kier molecular flexibility index (Phi) is 7.14. The topological polar surface area (TPSA) is 117 Å². The summed E-state index contributed by atoms with van der Waals surface area (Å²) in [5.41, 5.74) is 7.77. The van der Waals surface area contributed by atoms with Gasteiger partial charge in [-0.2, -0.15) is 0 Å². The Labute approximate surface area is 199 Å². The van der Waals surface area contributed by atoms with Crippen LogP contribution in [-0.4, -0.2) is 46.6 Å². The molecular weight excluding hydrogens is 458 g/mol. The summed E-state index contributed by atoms with van der Waals surface area (Å²) in [7, 11) is 0. The largest absolute Gasteiger partial charge is 0.366 e. The van der Waals surface area contributed by atoms with Crippen molar-refractivity contribution in [3.05, 3.63) is 48.0 Å². The summed E-state index contributed by atoms with van der Waals surface area (Å²) in [6.07, 6.45) is 2.07. The Bertz CT molecular complexity index is 1170. The van der Waals surface area contributed by atoms with E-state index in [0.29, 0.717) is 17.2 Å². The first-order valence-electron chi connectivity index (χ1n) is 10.7. The predicted octanol–water partition coefficient (Wildman–Crippen LogP) is 4.39. The van der Waals surface area contributed by atoms with Crippen LogP contribution in [0.15, 0.2) is 46.8 Å². The van der Waals surface area contributed by atoms with Gasteiger partial charge in [0.2, 0.25) is 11.8 Å². The number of rotatable bonds is 6. The first-order chi connectivity index (χ1) is 15.9. The second-order valence-corrected chi connectivity index (χ2v) is 10.3. The molecule has 2 heterocycles. The Morgan fingerprint density at radius 2 is 1.79 bits per heavy atom. The van der Waals surface area contributed by atoms with Gasteiger partial charge >= 0.3 is 6.03 Å². The zero-order valence-corrected chi connectivity index (χ0v) is 19.8. The highest BCUT2D eigenvalue weighted by Gasteiger charge is 2.20. The van der Waals surface area contributed by atoms with Crippen LogP contribution in [0, 0.1) is 5.92 Å². The zero-order chi connectivity index (χ0) is 23.4. The maximum Gasteiger partial charge on any atom is 0.321 e. The molecule has 1 saturated heterocycles. The average Bonchev–Trinajstić information content (AvgIpc) is 3.21. The highest BCUT2D eigenvalue weighted by Crippen LogP contribution is 2.31. The van der Waals surface area contributed by atoms with E-state index in [9.17, 15) is 14.4 Å². The fourth-order valence-corrected chi connectivity index (χ4v) is 5.41. The van der Waals surface area contributed by atoms with E-state index in [1.165, 1.54) is 23.1 Å². The normalized spacial score (nSPS) is 14.3. The second kappa shape index (κ2) is 10.2. The molecule has 3 aromatic rings. The molecule has 4 amide bonds. The van der Waals surface area contributed by atoms with E-state index in [2.05, 4.69) is 22.5 Å².